The highest BCUT2D eigenvalue weighted by Gasteiger charge is 2.36. The highest BCUT2D eigenvalue weighted by atomic mass is 32.2. The second-order valence-electron chi connectivity index (χ2n) is 3.18. The Labute approximate surface area is 105 Å². The van der Waals surface area contributed by atoms with Crippen LogP contribution in [0.1, 0.15) is 4.88 Å². The van der Waals surface area contributed by atoms with E-state index in [9.17, 15) is 14.4 Å². The molecule has 0 unspecified atom stereocenters. The van der Waals surface area contributed by atoms with Crippen molar-refractivity contribution < 1.29 is 19.5 Å². The van der Waals surface area contributed by atoms with Gasteiger partial charge in [-0.25, -0.2) is 0 Å². The van der Waals surface area contributed by atoms with Gasteiger partial charge in [0.25, 0.3) is 11.1 Å². The summed E-state index contributed by atoms with van der Waals surface area (Å²) in [4.78, 5) is 35.5. The van der Waals surface area contributed by atoms with Crippen LogP contribution < -0.4 is 0 Å². The van der Waals surface area contributed by atoms with Crippen molar-refractivity contribution in [2.24, 2.45) is 0 Å². The molecule has 0 radical (unpaired) electrons. The maximum atomic E-state index is 11.7. The molecule has 1 aromatic heterocycles. The van der Waals surface area contributed by atoms with Crippen molar-refractivity contribution in [3.05, 3.63) is 27.3 Å². The smallest absolute Gasteiger partial charge is 0.323 e. The predicted molar refractivity (Wildman–Crippen MR) is 64.6 cm³/mol. The fourth-order valence-corrected chi connectivity index (χ4v) is 2.84. The molecule has 0 bridgehead atoms. The monoisotopic (exact) mass is 269 g/mol. The SMILES string of the molecule is O=C(O)CN1C(=O)S/C(=C/c2cccs2)C1=O. The average molecular weight is 269 g/mol. The van der Waals surface area contributed by atoms with Crippen LogP contribution in [0, 0.1) is 0 Å². The van der Waals surface area contributed by atoms with E-state index in [-0.39, 0.29) is 4.91 Å². The zero-order valence-corrected chi connectivity index (χ0v) is 10.1. The first-order chi connectivity index (χ1) is 8.08. The number of hydrogen-bond acceptors (Lipinski definition) is 5. The van der Waals surface area contributed by atoms with Gasteiger partial charge in [-0.3, -0.25) is 19.3 Å². The van der Waals surface area contributed by atoms with Gasteiger partial charge in [-0.2, -0.15) is 0 Å². The van der Waals surface area contributed by atoms with Crippen molar-refractivity contribution in [3.63, 3.8) is 0 Å². The summed E-state index contributed by atoms with van der Waals surface area (Å²) in [6, 6.07) is 3.65. The van der Waals surface area contributed by atoms with E-state index in [4.69, 9.17) is 5.11 Å². The molecule has 1 aliphatic heterocycles. The van der Waals surface area contributed by atoms with Crippen molar-refractivity contribution >= 4 is 46.3 Å². The third-order valence-corrected chi connectivity index (χ3v) is 3.71. The zero-order valence-electron chi connectivity index (χ0n) is 8.45. The molecule has 2 heterocycles. The van der Waals surface area contributed by atoms with Crippen LogP contribution in [-0.4, -0.2) is 33.7 Å². The molecule has 17 heavy (non-hydrogen) atoms. The largest absolute Gasteiger partial charge is 0.480 e. The maximum absolute atomic E-state index is 11.7. The molecule has 0 aliphatic carbocycles. The van der Waals surface area contributed by atoms with E-state index < -0.39 is 23.7 Å². The normalized spacial score (nSPS) is 18.1. The summed E-state index contributed by atoms with van der Waals surface area (Å²) in [5.41, 5.74) is 0. The number of rotatable bonds is 3. The maximum Gasteiger partial charge on any atom is 0.323 e. The number of amides is 2. The van der Waals surface area contributed by atoms with Gasteiger partial charge in [0.1, 0.15) is 6.54 Å². The van der Waals surface area contributed by atoms with Gasteiger partial charge < -0.3 is 5.11 Å². The molecular weight excluding hydrogens is 262 g/mol. The summed E-state index contributed by atoms with van der Waals surface area (Å²) in [7, 11) is 0. The first-order valence-corrected chi connectivity index (χ1v) is 6.28. The highest BCUT2D eigenvalue weighted by molar-refractivity contribution is 8.18. The summed E-state index contributed by atoms with van der Waals surface area (Å²) < 4.78 is 0. The van der Waals surface area contributed by atoms with Crippen LogP contribution in [0.2, 0.25) is 0 Å². The van der Waals surface area contributed by atoms with Gasteiger partial charge in [-0.1, -0.05) is 6.07 Å². The van der Waals surface area contributed by atoms with Crippen molar-refractivity contribution in [1.29, 1.82) is 0 Å². The Hall–Kier alpha value is -1.60. The van der Waals surface area contributed by atoms with E-state index in [0.717, 1.165) is 21.5 Å². The second-order valence-corrected chi connectivity index (χ2v) is 5.15. The van der Waals surface area contributed by atoms with Crippen LogP contribution in [0.5, 0.6) is 0 Å². The highest BCUT2D eigenvalue weighted by Crippen LogP contribution is 2.32. The lowest BCUT2D eigenvalue weighted by molar-refractivity contribution is -0.140. The van der Waals surface area contributed by atoms with Gasteiger partial charge in [0.05, 0.1) is 4.91 Å². The quantitative estimate of drug-likeness (QED) is 0.848. The van der Waals surface area contributed by atoms with Crippen LogP contribution in [0.4, 0.5) is 4.79 Å². The first-order valence-electron chi connectivity index (χ1n) is 4.58. The number of carboxylic acids is 1. The zero-order chi connectivity index (χ0) is 12.4. The number of carbonyl (C=O) groups is 3. The molecule has 5 nitrogen and oxygen atoms in total. The summed E-state index contributed by atoms with van der Waals surface area (Å²) in [5, 5.41) is 9.89. The number of thioether (sulfide) groups is 1. The molecule has 0 spiro atoms. The molecule has 2 rings (SSSR count). The fourth-order valence-electron chi connectivity index (χ4n) is 1.27. The molecule has 1 fully saturated rings. The number of carboxylic acid groups (broad SMARTS) is 1. The van der Waals surface area contributed by atoms with Gasteiger partial charge in [0, 0.05) is 4.88 Å². The van der Waals surface area contributed by atoms with Crippen LogP contribution >= 0.6 is 23.1 Å². The van der Waals surface area contributed by atoms with Gasteiger partial charge >= 0.3 is 5.97 Å². The summed E-state index contributed by atoms with van der Waals surface area (Å²) >= 11 is 2.20. The van der Waals surface area contributed by atoms with E-state index >= 15 is 0 Å². The Kier molecular flexibility index (Phi) is 3.30. The van der Waals surface area contributed by atoms with Crippen molar-refractivity contribution in [1.82, 2.24) is 4.90 Å². The van der Waals surface area contributed by atoms with E-state index in [1.54, 1.807) is 6.08 Å². The van der Waals surface area contributed by atoms with Gasteiger partial charge in [0.15, 0.2) is 0 Å². The van der Waals surface area contributed by atoms with Crippen LogP contribution in [-0.2, 0) is 9.59 Å². The number of hydrogen-bond donors (Lipinski definition) is 1. The topological polar surface area (TPSA) is 74.7 Å². The second kappa shape index (κ2) is 4.72. The fraction of sp³-hybridized carbons (Fsp3) is 0.100. The predicted octanol–water partition coefficient (Wildman–Crippen LogP) is 1.87. The molecule has 1 aromatic rings. The molecule has 88 valence electrons. The molecule has 1 saturated heterocycles. The molecular formula is C10H7NO4S2. The Morgan fingerprint density at radius 2 is 2.24 bits per heavy atom. The van der Waals surface area contributed by atoms with E-state index in [0.29, 0.717) is 0 Å². The summed E-state index contributed by atoms with van der Waals surface area (Å²) in [5.74, 6) is -1.75. The Balaban J connectivity index is 2.21. The lowest BCUT2D eigenvalue weighted by atomic mass is 10.3. The molecule has 0 atom stereocenters. The van der Waals surface area contributed by atoms with Gasteiger partial charge in [0.2, 0.25) is 0 Å². The summed E-state index contributed by atoms with van der Waals surface area (Å²) in [6.45, 7) is -0.591. The number of thiophene rings is 1. The third-order valence-electron chi connectivity index (χ3n) is 1.98. The lowest BCUT2D eigenvalue weighted by Crippen LogP contribution is -2.33. The third kappa shape index (κ3) is 2.56. The Bertz CT molecular complexity index is 506. The molecule has 0 saturated carbocycles. The molecule has 0 aromatic carbocycles. The Morgan fingerprint density at radius 3 is 2.82 bits per heavy atom. The van der Waals surface area contributed by atoms with Crippen molar-refractivity contribution in [2.45, 2.75) is 0 Å². The minimum Gasteiger partial charge on any atom is -0.480 e. The van der Waals surface area contributed by atoms with Crippen LogP contribution in [0.25, 0.3) is 6.08 Å². The van der Waals surface area contributed by atoms with Gasteiger partial charge in [-0.05, 0) is 29.3 Å². The van der Waals surface area contributed by atoms with Crippen molar-refractivity contribution in [3.8, 4) is 0 Å². The first kappa shape index (κ1) is 11.9. The number of nitrogens with zero attached hydrogens (tertiary/aromatic N) is 1. The number of aliphatic carboxylic acids is 1. The number of carbonyl (C=O) groups excluding carboxylic acids is 2. The molecule has 1 N–H and O–H groups in total. The lowest BCUT2D eigenvalue weighted by Gasteiger charge is -2.07. The summed E-state index contributed by atoms with van der Waals surface area (Å²) in [6.07, 6.45) is 1.59. The van der Waals surface area contributed by atoms with Crippen LogP contribution in [0.3, 0.4) is 0 Å². The minimum absolute atomic E-state index is 0.263. The molecule has 7 heteroatoms. The standard InChI is InChI=1S/C10H7NO4S2/c12-8(13)5-11-9(14)7(17-10(11)15)4-6-2-1-3-16-6/h1-4H,5H2,(H,12,13)/b7-4+. The molecule has 1 aliphatic rings. The van der Waals surface area contributed by atoms with Crippen LogP contribution in [0.15, 0.2) is 22.4 Å². The van der Waals surface area contributed by atoms with Crippen molar-refractivity contribution in [2.75, 3.05) is 6.54 Å². The molecule has 2 amide bonds. The average Bonchev–Trinajstić information content (AvgIpc) is 2.83. The van der Waals surface area contributed by atoms with E-state index in [1.807, 2.05) is 17.5 Å². The minimum atomic E-state index is -1.20. The number of imide groups is 1. The van der Waals surface area contributed by atoms with E-state index in [1.165, 1.54) is 11.3 Å². The van der Waals surface area contributed by atoms with Gasteiger partial charge in [-0.15, -0.1) is 11.3 Å². The van der Waals surface area contributed by atoms with E-state index in [2.05, 4.69) is 0 Å². The Morgan fingerprint density at radius 1 is 1.47 bits per heavy atom.